The molecule has 0 saturated heterocycles. The average Bonchev–Trinajstić information content (AvgIpc) is 2.95. The maximum atomic E-state index is 12.6. The number of esters is 2. The molecule has 2 aromatic carbocycles. The molecule has 0 heterocycles. The summed E-state index contributed by atoms with van der Waals surface area (Å²) in [5.41, 5.74) is 0.707. The second kappa shape index (κ2) is 19.5. The second-order valence-electron chi connectivity index (χ2n) is 10.4. The molecule has 1 atom stereocenters. The SMILES string of the molecule is CCCCCCCCCCCCCCOc1ccc(C(=O)Oc2ccc(C(=O)OCC(C)CC)cc2Cl)cc1. The number of hydrogen-bond donors (Lipinski definition) is 0. The first-order chi connectivity index (χ1) is 18.9. The highest BCUT2D eigenvalue weighted by atomic mass is 35.5. The Kier molecular flexibility index (Phi) is 16.4. The molecule has 5 nitrogen and oxygen atoms in total. The molecule has 216 valence electrons. The highest BCUT2D eigenvalue weighted by Gasteiger charge is 2.15. The van der Waals surface area contributed by atoms with Crippen LogP contribution >= 0.6 is 11.6 Å². The molecule has 0 saturated carbocycles. The standard InChI is InChI=1S/C33H47ClO5/c1-4-6-7-8-9-10-11-12-13-14-15-16-23-37-29-20-17-27(18-21-29)33(36)39-31-22-19-28(24-30(31)34)32(35)38-25-26(3)5-2/h17-22,24,26H,4-16,23,25H2,1-3H3. The van der Waals surface area contributed by atoms with Gasteiger partial charge in [0, 0.05) is 0 Å². The smallest absolute Gasteiger partial charge is 0.343 e. The van der Waals surface area contributed by atoms with Gasteiger partial charge in [-0.25, -0.2) is 9.59 Å². The fourth-order valence-electron chi connectivity index (χ4n) is 4.11. The van der Waals surface area contributed by atoms with E-state index >= 15 is 0 Å². The summed E-state index contributed by atoms with van der Waals surface area (Å²) in [6.45, 7) is 7.34. The minimum absolute atomic E-state index is 0.170. The Labute approximate surface area is 240 Å². The van der Waals surface area contributed by atoms with Gasteiger partial charge >= 0.3 is 11.9 Å². The van der Waals surface area contributed by atoms with E-state index in [9.17, 15) is 9.59 Å². The summed E-state index contributed by atoms with van der Waals surface area (Å²) in [6, 6.07) is 11.4. The fraction of sp³-hybridized carbons (Fsp3) is 0.576. The van der Waals surface area contributed by atoms with E-state index in [4.69, 9.17) is 25.8 Å². The van der Waals surface area contributed by atoms with Crippen LogP contribution in [0.5, 0.6) is 11.5 Å². The second-order valence-corrected chi connectivity index (χ2v) is 10.8. The maximum Gasteiger partial charge on any atom is 0.343 e. The van der Waals surface area contributed by atoms with Crippen molar-refractivity contribution in [3.05, 3.63) is 58.6 Å². The maximum absolute atomic E-state index is 12.6. The number of ether oxygens (including phenoxy) is 3. The molecule has 0 spiro atoms. The Morgan fingerprint density at radius 3 is 1.87 bits per heavy atom. The van der Waals surface area contributed by atoms with E-state index in [0.717, 1.165) is 18.6 Å². The van der Waals surface area contributed by atoms with Gasteiger partial charge < -0.3 is 14.2 Å². The Bertz CT molecular complexity index is 973. The van der Waals surface area contributed by atoms with Crippen LogP contribution < -0.4 is 9.47 Å². The van der Waals surface area contributed by atoms with Crippen molar-refractivity contribution in [2.75, 3.05) is 13.2 Å². The number of carbonyl (C=O) groups is 2. The van der Waals surface area contributed by atoms with Gasteiger partial charge in [0.15, 0.2) is 0 Å². The van der Waals surface area contributed by atoms with Crippen molar-refractivity contribution in [1.29, 1.82) is 0 Å². The van der Waals surface area contributed by atoms with Crippen molar-refractivity contribution in [3.8, 4) is 11.5 Å². The molecule has 0 aliphatic carbocycles. The molecule has 2 rings (SSSR count). The van der Waals surface area contributed by atoms with Gasteiger partial charge in [-0.1, -0.05) is 109 Å². The normalized spacial score (nSPS) is 11.7. The molecule has 0 fully saturated rings. The third-order valence-electron chi connectivity index (χ3n) is 6.92. The molecule has 6 heteroatoms. The van der Waals surface area contributed by atoms with Gasteiger partial charge in [0.1, 0.15) is 11.5 Å². The van der Waals surface area contributed by atoms with Gasteiger partial charge in [0.25, 0.3) is 0 Å². The zero-order valence-corrected chi connectivity index (χ0v) is 24.9. The van der Waals surface area contributed by atoms with Crippen molar-refractivity contribution in [1.82, 2.24) is 0 Å². The summed E-state index contributed by atoms with van der Waals surface area (Å²) in [6.07, 6.45) is 16.7. The fourth-order valence-corrected chi connectivity index (χ4v) is 4.33. The summed E-state index contributed by atoms with van der Waals surface area (Å²) >= 11 is 6.26. The van der Waals surface area contributed by atoms with E-state index in [-0.39, 0.29) is 16.7 Å². The van der Waals surface area contributed by atoms with Crippen molar-refractivity contribution in [3.63, 3.8) is 0 Å². The molecule has 0 radical (unpaired) electrons. The minimum Gasteiger partial charge on any atom is -0.494 e. The molecule has 2 aromatic rings. The van der Waals surface area contributed by atoms with Crippen molar-refractivity contribution in [2.24, 2.45) is 5.92 Å². The van der Waals surface area contributed by atoms with Crippen LogP contribution in [-0.2, 0) is 4.74 Å². The number of rotatable bonds is 20. The first-order valence-electron chi connectivity index (χ1n) is 14.9. The molecular weight excluding hydrogens is 512 g/mol. The van der Waals surface area contributed by atoms with Crippen molar-refractivity contribution in [2.45, 2.75) is 104 Å². The Morgan fingerprint density at radius 1 is 0.744 bits per heavy atom. The summed E-state index contributed by atoms with van der Waals surface area (Å²) in [5, 5.41) is 0.170. The number of halogens is 1. The lowest BCUT2D eigenvalue weighted by Crippen LogP contribution is -2.12. The van der Waals surface area contributed by atoms with Crippen LogP contribution in [0.1, 0.15) is 125 Å². The zero-order valence-electron chi connectivity index (χ0n) is 24.1. The lowest BCUT2D eigenvalue weighted by Gasteiger charge is -2.11. The Hall–Kier alpha value is -2.53. The van der Waals surface area contributed by atoms with Crippen molar-refractivity contribution < 1.29 is 23.8 Å². The van der Waals surface area contributed by atoms with E-state index in [1.807, 2.05) is 13.8 Å². The molecule has 0 aliphatic rings. The van der Waals surface area contributed by atoms with Gasteiger partial charge in [0.05, 0.1) is 29.4 Å². The Balaban J connectivity index is 1.64. The monoisotopic (exact) mass is 558 g/mol. The molecule has 0 aromatic heterocycles. The minimum atomic E-state index is -0.531. The quantitative estimate of drug-likeness (QED) is 0.0918. The largest absolute Gasteiger partial charge is 0.494 e. The van der Waals surface area contributed by atoms with Crippen LogP contribution in [0, 0.1) is 5.92 Å². The molecule has 0 N–H and O–H groups in total. The Morgan fingerprint density at radius 2 is 1.31 bits per heavy atom. The first kappa shape index (κ1) is 32.7. The molecule has 0 amide bonds. The van der Waals surface area contributed by atoms with Crippen LogP contribution in [0.2, 0.25) is 5.02 Å². The van der Waals surface area contributed by atoms with E-state index in [1.165, 1.54) is 82.8 Å². The van der Waals surface area contributed by atoms with Crippen molar-refractivity contribution >= 4 is 23.5 Å². The van der Waals surface area contributed by atoms with Crippen LogP contribution in [-0.4, -0.2) is 25.2 Å². The summed E-state index contributed by atoms with van der Waals surface area (Å²) in [4.78, 5) is 24.8. The molecule has 0 bridgehead atoms. The third-order valence-corrected chi connectivity index (χ3v) is 7.22. The molecule has 1 unspecified atom stereocenters. The van der Waals surface area contributed by atoms with Crippen LogP contribution in [0.3, 0.4) is 0 Å². The summed E-state index contributed by atoms with van der Waals surface area (Å²) in [7, 11) is 0. The molecule has 0 aliphatic heterocycles. The van der Waals surface area contributed by atoms with Gasteiger partial charge in [-0.3, -0.25) is 0 Å². The number of carbonyl (C=O) groups excluding carboxylic acids is 2. The predicted molar refractivity (Wildman–Crippen MR) is 159 cm³/mol. The third kappa shape index (κ3) is 13.4. The summed E-state index contributed by atoms with van der Waals surface area (Å²) in [5.74, 6) is 0.224. The van der Waals surface area contributed by atoms with Crippen LogP contribution in [0.15, 0.2) is 42.5 Å². The highest BCUT2D eigenvalue weighted by Crippen LogP contribution is 2.27. The molecular formula is C33H47ClO5. The van der Waals surface area contributed by atoms with Gasteiger partial charge in [-0.15, -0.1) is 0 Å². The zero-order chi connectivity index (χ0) is 28.3. The van der Waals surface area contributed by atoms with E-state index in [2.05, 4.69) is 6.92 Å². The van der Waals surface area contributed by atoms with Crippen LogP contribution in [0.25, 0.3) is 0 Å². The number of hydrogen-bond acceptors (Lipinski definition) is 5. The average molecular weight is 559 g/mol. The topological polar surface area (TPSA) is 61.8 Å². The lowest BCUT2D eigenvalue weighted by atomic mass is 10.1. The van der Waals surface area contributed by atoms with Crippen LogP contribution in [0.4, 0.5) is 0 Å². The van der Waals surface area contributed by atoms with E-state index in [1.54, 1.807) is 30.3 Å². The number of unbranched alkanes of at least 4 members (excludes halogenated alkanes) is 11. The van der Waals surface area contributed by atoms with E-state index < -0.39 is 11.9 Å². The highest BCUT2D eigenvalue weighted by molar-refractivity contribution is 6.32. The first-order valence-corrected chi connectivity index (χ1v) is 15.2. The van der Waals surface area contributed by atoms with E-state index in [0.29, 0.717) is 24.3 Å². The van der Waals surface area contributed by atoms with Gasteiger partial charge in [-0.2, -0.15) is 0 Å². The predicted octanol–water partition coefficient (Wildman–Crippen LogP) is 9.84. The lowest BCUT2D eigenvalue weighted by molar-refractivity contribution is 0.0447. The molecule has 39 heavy (non-hydrogen) atoms. The van der Waals surface area contributed by atoms with Gasteiger partial charge in [0.2, 0.25) is 0 Å². The van der Waals surface area contributed by atoms with Gasteiger partial charge in [-0.05, 0) is 54.8 Å². The number of benzene rings is 2. The summed E-state index contributed by atoms with van der Waals surface area (Å²) < 4.78 is 16.6.